The fourth-order valence-corrected chi connectivity index (χ4v) is 4.11. The van der Waals surface area contributed by atoms with Crippen LogP contribution in [0.15, 0.2) is 30.3 Å². The first-order valence-electron chi connectivity index (χ1n) is 7.72. The summed E-state index contributed by atoms with van der Waals surface area (Å²) in [5.74, 6) is 0. The van der Waals surface area contributed by atoms with Crippen molar-refractivity contribution in [3.8, 4) is 0 Å². The highest BCUT2D eigenvalue weighted by molar-refractivity contribution is 7.11. The van der Waals surface area contributed by atoms with E-state index in [9.17, 15) is 5.11 Å². The first kappa shape index (κ1) is 14.7. The van der Waals surface area contributed by atoms with E-state index in [1.165, 1.54) is 22.0 Å². The molecule has 4 heteroatoms. The molecule has 0 radical (unpaired) electrons. The molecule has 0 fully saturated rings. The second-order valence-electron chi connectivity index (χ2n) is 5.53. The second kappa shape index (κ2) is 6.69. The highest BCUT2D eigenvalue weighted by atomic mass is 32.1. The number of rotatable bonds is 5. The number of aromatic nitrogens is 1. The standard InChI is InChI=1S/C17H22N2OS/c1-2-16-19-14-10-6-9-13(17(14)21-16)18-15(11-20)12-7-4-3-5-8-12/h3-5,7-8,13,15,18,20H,2,6,9-11H2,1H3. The number of hydrogen-bond acceptors (Lipinski definition) is 4. The summed E-state index contributed by atoms with van der Waals surface area (Å²) in [5.41, 5.74) is 2.41. The molecule has 2 N–H and O–H groups in total. The van der Waals surface area contributed by atoms with Gasteiger partial charge in [0.2, 0.25) is 0 Å². The number of fused-ring (bicyclic) bond motifs is 1. The van der Waals surface area contributed by atoms with Gasteiger partial charge in [0.25, 0.3) is 0 Å². The molecule has 0 bridgehead atoms. The van der Waals surface area contributed by atoms with Gasteiger partial charge in [-0.05, 0) is 31.2 Å². The Morgan fingerprint density at radius 1 is 1.38 bits per heavy atom. The zero-order chi connectivity index (χ0) is 14.7. The maximum Gasteiger partial charge on any atom is 0.0928 e. The normalized spacial score (nSPS) is 19.2. The van der Waals surface area contributed by atoms with Crippen molar-refractivity contribution < 1.29 is 5.11 Å². The molecular weight excluding hydrogens is 280 g/mol. The summed E-state index contributed by atoms with van der Waals surface area (Å²) in [6, 6.07) is 10.5. The van der Waals surface area contributed by atoms with Crippen molar-refractivity contribution in [2.75, 3.05) is 6.61 Å². The molecule has 3 rings (SSSR count). The Bertz CT molecular complexity index is 582. The van der Waals surface area contributed by atoms with Gasteiger partial charge in [-0.3, -0.25) is 0 Å². The number of aryl methyl sites for hydroxylation is 2. The topological polar surface area (TPSA) is 45.2 Å². The predicted octanol–water partition coefficient (Wildman–Crippen LogP) is 3.41. The van der Waals surface area contributed by atoms with Gasteiger partial charge in [0.1, 0.15) is 0 Å². The van der Waals surface area contributed by atoms with Gasteiger partial charge in [-0.15, -0.1) is 11.3 Å². The van der Waals surface area contributed by atoms with Crippen molar-refractivity contribution in [3.63, 3.8) is 0 Å². The monoisotopic (exact) mass is 302 g/mol. The molecule has 2 unspecified atom stereocenters. The Kier molecular flexibility index (Phi) is 4.68. The van der Waals surface area contributed by atoms with E-state index in [2.05, 4.69) is 24.4 Å². The largest absolute Gasteiger partial charge is 0.394 e. The lowest BCUT2D eigenvalue weighted by atomic mass is 9.96. The zero-order valence-corrected chi connectivity index (χ0v) is 13.2. The van der Waals surface area contributed by atoms with Crippen LogP contribution < -0.4 is 5.32 Å². The SMILES string of the molecule is CCc1nc2c(s1)C(NC(CO)c1ccccc1)CCC2. The highest BCUT2D eigenvalue weighted by Gasteiger charge is 2.26. The minimum Gasteiger partial charge on any atom is -0.394 e. The van der Waals surface area contributed by atoms with Crippen molar-refractivity contribution in [3.05, 3.63) is 51.5 Å². The third kappa shape index (κ3) is 3.18. The van der Waals surface area contributed by atoms with Gasteiger partial charge in [-0.2, -0.15) is 0 Å². The summed E-state index contributed by atoms with van der Waals surface area (Å²) in [6.45, 7) is 2.28. The van der Waals surface area contributed by atoms with Crippen LogP contribution >= 0.6 is 11.3 Å². The molecule has 1 aliphatic carbocycles. The van der Waals surface area contributed by atoms with Gasteiger partial charge in [0, 0.05) is 10.9 Å². The number of thiazole rings is 1. The Morgan fingerprint density at radius 2 is 2.19 bits per heavy atom. The van der Waals surface area contributed by atoms with Gasteiger partial charge in [-0.25, -0.2) is 4.98 Å². The quantitative estimate of drug-likeness (QED) is 0.889. The molecule has 0 aliphatic heterocycles. The van der Waals surface area contributed by atoms with Crippen LogP contribution in [0.25, 0.3) is 0 Å². The zero-order valence-electron chi connectivity index (χ0n) is 12.4. The molecule has 2 atom stereocenters. The Labute approximate surface area is 130 Å². The van der Waals surface area contributed by atoms with E-state index in [1.807, 2.05) is 29.5 Å². The number of hydrogen-bond donors (Lipinski definition) is 2. The lowest BCUT2D eigenvalue weighted by Crippen LogP contribution is -2.30. The van der Waals surface area contributed by atoms with Crippen LogP contribution in [-0.2, 0) is 12.8 Å². The van der Waals surface area contributed by atoms with E-state index < -0.39 is 0 Å². The summed E-state index contributed by atoms with van der Waals surface area (Å²) >= 11 is 1.84. The number of benzene rings is 1. The Morgan fingerprint density at radius 3 is 2.90 bits per heavy atom. The fourth-order valence-electron chi connectivity index (χ4n) is 2.96. The van der Waals surface area contributed by atoms with E-state index >= 15 is 0 Å². The van der Waals surface area contributed by atoms with Crippen molar-refractivity contribution >= 4 is 11.3 Å². The van der Waals surface area contributed by atoms with Crippen LogP contribution in [0.2, 0.25) is 0 Å². The van der Waals surface area contributed by atoms with Crippen LogP contribution in [-0.4, -0.2) is 16.7 Å². The molecule has 2 aromatic rings. The van der Waals surface area contributed by atoms with Crippen LogP contribution in [0, 0.1) is 0 Å². The molecular formula is C17H22N2OS. The first-order chi connectivity index (χ1) is 10.3. The van der Waals surface area contributed by atoms with E-state index in [0.717, 1.165) is 24.8 Å². The first-order valence-corrected chi connectivity index (χ1v) is 8.53. The predicted molar refractivity (Wildman–Crippen MR) is 86.6 cm³/mol. The van der Waals surface area contributed by atoms with Gasteiger partial charge >= 0.3 is 0 Å². The molecule has 1 aliphatic rings. The number of nitrogens with one attached hydrogen (secondary N) is 1. The summed E-state index contributed by atoms with van der Waals surface area (Å²) in [7, 11) is 0. The fraction of sp³-hybridized carbons (Fsp3) is 0.471. The average molecular weight is 302 g/mol. The minimum absolute atomic E-state index is 0.00525. The van der Waals surface area contributed by atoms with Crippen LogP contribution in [0.5, 0.6) is 0 Å². The molecule has 21 heavy (non-hydrogen) atoms. The number of aliphatic hydroxyl groups excluding tert-OH is 1. The van der Waals surface area contributed by atoms with Crippen molar-refractivity contribution in [2.24, 2.45) is 0 Å². The van der Waals surface area contributed by atoms with Crippen LogP contribution in [0.3, 0.4) is 0 Å². The lowest BCUT2D eigenvalue weighted by Gasteiger charge is -2.27. The third-order valence-corrected chi connectivity index (χ3v) is 5.44. The van der Waals surface area contributed by atoms with Gasteiger partial charge in [0.05, 0.1) is 23.4 Å². The summed E-state index contributed by atoms with van der Waals surface area (Å²) in [6.07, 6.45) is 4.40. The molecule has 0 spiro atoms. The molecule has 112 valence electrons. The number of nitrogens with zero attached hydrogens (tertiary/aromatic N) is 1. The lowest BCUT2D eigenvalue weighted by molar-refractivity contribution is 0.229. The molecule has 0 amide bonds. The summed E-state index contributed by atoms with van der Waals surface area (Å²) in [4.78, 5) is 6.12. The molecule has 3 nitrogen and oxygen atoms in total. The van der Waals surface area contributed by atoms with Gasteiger partial charge in [-0.1, -0.05) is 37.3 Å². The highest BCUT2D eigenvalue weighted by Crippen LogP contribution is 2.35. The van der Waals surface area contributed by atoms with E-state index in [-0.39, 0.29) is 12.6 Å². The van der Waals surface area contributed by atoms with Crippen molar-refractivity contribution in [2.45, 2.75) is 44.7 Å². The molecule has 1 heterocycles. The molecule has 0 saturated carbocycles. The maximum absolute atomic E-state index is 9.73. The molecule has 1 aromatic heterocycles. The number of aliphatic hydroxyl groups is 1. The average Bonchev–Trinajstić information content (AvgIpc) is 2.97. The minimum atomic E-state index is -0.00525. The van der Waals surface area contributed by atoms with Crippen LogP contribution in [0.4, 0.5) is 0 Å². The summed E-state index contributed by atoms with van der Waals surface area (Å²) < 4.78 is 0. The summed E-state index contributed by atoms with van der Waals surface area (Å²) in [5, 5.41) is 14.6. The Balaban J connectivity index is 1.80. The van der Waals surface area contributed by atoms with Crippen LogP contribution in [0.1, 0.15) is 53.0 Å². The Hall–Kier alpha value is -1.23. The van der Waals surface area contributed by atoms with Gasteiger partial charge in [0.15, 0.2) is 0 Å². The molecule has 0 saturated heterocycles. The third-order valence-electron chi connectivity index (χ3n) is 4.08. The van der Waals surface area contributed by atoms with Crippen molar-refractivity contribution in [1.82, 2.24) is 10.3 Å². The van der Waals surface area contributed by atoms with E-state index in [0.29, 0.717) is 6.04 Å². The van der Waals surface area contributed by atoms with E-state index in [4.69, 9.17) is 4.98 Å². The second-order valence-corrected chi connectivity index (χ2v) is 6.64. The maximum atomic E-state index is 9.73. The van der Waals surface area contributed by atoms with E-state index in [1.54, 1.807) is 0 Å². The van der Waals surface area contributed by atoms with Gasteiger partial charge < -0.3 is 10.4 Å². The van der Waals surface area contributed by atoms with Crippen molar-refractivity contribution in [1.29, 1.82) is 0 Å². The smallest absolute Gasteiger partial charge is 0.0928 e. The molecule has 1 aromatic carbocycles.